The molecule has 0 aromatic heterocycles. The maximum absolute atomic E-state index is 12.1. The van der Waals surface area contributed by atoms with Gasteiger partial charge in [0, 0.05) is 0 Å². The lowest BCUT2D eigenvalue weighted by molar-refractivity contribution is -0.228. The van der Waals surface area contributed by atoms with Crippen LogP contribution in [0.15, 0.2) is 0 Å². The maximum Gasteiger partial charge on any atom is 0.308 e. The highest BCUT2D eigenvalue weighted by Gasteiger charge is 2.67. The van der Waals surface area contributed by atoms with Crippen LogP contribution in [0.2, 0.25) is 0 Å². The second-order valence-corrected chi connectivity index (χ2v) is 12.8. The van der Waals surface area contributed by atoms with Crippen LogP contribution in [-0.4, -0.2) is 46.7 Å². The average molecular weight is 465 g/mol. The summed E-state index contributed by atoms with van der Waals surface area (Å²) in [4.78, 5) is 12.1. The molecule has 4 fully saturated rings. The first-order chi connectivity index (χ1) is 15.5. The van der Waals surface area contributed by atoms with Gasteiger partial charge >= 0.3 is 5.97 Å². The molecule has 5 heteroatoms. The van der Waals surface area contributed by atoms with E-state index in [0.717, 1.165) is 51.4 Å². The number of aliphatic hydroxyl groups excluding tert-OH is 3. The molecule has 190 valence electrons. The zero-order valence-corrected chi connectivity index (χ0v) is 21.7. The molecule has 0 aromatic rings. The highest BCUT2D eigenvalue weighted by molar-refractivity contribution is 5.71. The molecule has 3 N–H and O–H groups in total. The summed E-state index contributed by atoms with van der Waals surface area (Å²) < 4.78 is 4.97. The molecule has 4 saturated carbocycles. The average Bonchev–Trinajstić information content (AvgIpc) is 3.14. The summed E-state index contributed by atoms with van der Waals surface area (Å²) >= 11 is 0. The summed E-state index contributed by atoms with van der Waals surface area (Å²) in [6, 6.07) is 0. The lowest BCUT2D eigenvalue weighted by Gasteiger charge is -2.65. The van der Waals surface area contributed by atoms with E-state index < -0.39 is 0 Å². The van der Waals surface area contributed by atoms with Gasteiger partial charge in [0.25, 0.3) is 0 Å². The van der Waals surface area contributed by atoms with E-state index in [1.807, 2.05) is 6.92 Å². The van der Waals surface area contributed by atoms with Gasteiger partial charge in [-0.15, -0.1) is 0 Å². The van der Waals surface area contributed by atoms with E-state index in [1.165, 1.54) is 7.11 Å². The van der Waals surface area contributed by atoms with Gasteiger partial charge in [0.1, 0.15) is 0 Å². The van der Waals surface area contributed by atoms with E-state index in [1.54, 1.807) is 0 Å². The van der Waals surface area contributed by atoms with Gasteiger partial charge in [0.15, 0.2) is 0 Å². The van der Waals surface area contributed by atoms with Crippen LogP contribution >= 0.6 is 0 Å². The monoisotopic (exact) mass is 464 g/mol. The Bertz CT molecular complexity index is 725. The van der Waals surface area contributed by atoms with Crippen LogP contribution in [0.3, 0.4) is 0 Å². The van der Waals surface area contributed by atoms with Crippen molar-refractivity contribution in [2.24, 2.45) is 58.2 Å². The van der Waals surface area contributed by atoms with Crippen LogP contribution in [0.25, 0.3) is 0 Å². The van der Waals surface area contributed by atoms with Crippen LogP contribution in [0, 0.1) is 58.2 Å². The standard InChI is InChI=1S/C28H48O5/c1-7-18-21-13-17(29)10-11-27(21,4)22-14-23(30)28(5)19(8-9-20(28)24(22)25(18)31)15(2)12-16(3)26(32)33-6/h15-25,29-31H,7-14H2,1-6H3/t15-,16?,17-,18-,19-,20+,21+,22+,23+,24+,25-,27+,28-/m1/s1. The smallest absolute Gasteiger partial charge is 0.308 e. The summed E-state index contributed by atoms with van der Waals surface area (Å²) in [6.07, 6.45) is 6.20. The molecule has 0 aromatic carbocycles. The molecule has 0 amide bonds. The first-order valence-electron chi connectivity index (χ1n) is 13.6. The fourth-order valence-electron chi connectivity index (χ4n) is 9.91. The van der Waals surface area contributed by atoms with Gasteiger partial charge < -0.3 is 20.1 Å². The summed E-state index contributed by atoms with van der Waals surface area (Å²) in [5.41, 5.74) is -0.151. The van der Waals surface area contributed by atoms with Crippen LogP contribution in [0.5, 0.6) is 0 Å². The van der Waals surface area contributed by atoms with Gasteiger partial charge in [-0.05, 0) is 97.2 Å². The number of carbonyl (C=O) groups excluding carboxylic acids is 1. The van der Waals surface area contributed by atoms with Crippen molar-refractivity contribution in [3.8, 4) is 0 Å². The zero-order valence-electron chi connectivity index (χ0n) is 21.7. The van der Waals surface area contributed by atoms with Gasteiger partial charge in [-0.3, -0.25) is 4.79 Å². The second-order valence-electron chi connectivity index (χ2n) is 12.8. The topological polar surface area (TPSA) is 87.0 Å². The second kappa shape index (κ2) is 9.09. The minimum atomic E-state index is -0.387. The molecule has 0 saturated heterocycles. The molecule has 0 heterocycles. The summed E-state index contributed by atoms with van der Waals surface area (Å²) in [5, 5.41) is 34.0. The van der Waals surface area contributed by atoms with E-state index in [-0.39, 0.29) is 52.9 Å². The van der Waals surface area contributed by atoms with E-state index in [2.05, 4.69) is 27.7 Å². The predicted octanol–water partition coefficient (Wildman–Crippen LogP) is 4.42. The zero-order chi connectivity index (χ0) is 24.3. The van der Waals surface area contributed by atoms with E-state index in [9.17, 15) is 20.1 Å². The molecule has 0 spiro atoms. The Balaban J connectivity index is 1.64. The number of hydrogen-bond donors (Lipinski definition) is 3. The molecule has 4 rings (SSSR count). The van der Waals surface area contributed by atoms with Crippen molar-refractivity contribution >= 4 is 5.97 Å². The molecular formula is C28H48O5. The Labute approximate surface area is 200 Å². The fourth-order valence-corrected chi connectivity index (χ4v) is 9.91. The minimum Gasteiger partial charge on any atom is -0.469 e. The van der Waals surface area contributed by atoms with Gasteiger partial charge in [0.2, 0.25) is 0 Å². The SMILES string of the molecule is CC[C@H]1[C@@H](O)[C@@H]2[C@H](C[C@H](O)[C@]3(C)[C@@H]([C@H](C)CC(C)C(=O)OC)CC[C@@H]23)[C@@]2(C)CC[C@@H](O)C[C@@H]12. The van der Waals surface area contributed by atoms with Crippen LogP contribution < -0.4 is 0 Å². The first-order valence-corrected chi connectivity index (χ1v) is 13.6. The van der Waals surface area contributed by atoms with Gasteiger partial charge in [-0.1, -0.05) is 41.0 Å². The Hall–Kier alpha value is -0.650. The Morgan fingerprint density at radius 1 is 1.03 bits per heavy atom. The van der Waals surface area contributed by atoms with Crippen LogP contribution in [0.4, 0.5) is 0 Å². The van der Waals surface area contributed by atoms with Crippen molar-refractivity contribution in [3.05, 3.63) is 0 Å². The van der Waals surface area contributed by atoms with Crippen molar-refractivity contribution in [1.82, 2.24) is 0 Å². The summed E-state index contributed by atoms with van der Waals surface area (Å²) in [6.45, 7) is 11.1. The van der Waals surface area contributed by atoms with Crippen molar-refractivity contribution in [1.29, 1.82) is 0 Å². The molecule has 0 aliphatic heterocycles. The third-order valence-electron chi connectivity index (χ3n) is 11.6. The van der Waals surface area contributed by atoms with Gasteiger partial charge in [0.05, 0.1) is 31.3 Å². The third-order valence-corrected chi connectivity index (χ3v) is 11.6. The van der Waals surface area contributed by atoms with Crippen molar-refractivity contribution in [2.75, 3.05) is 7.11 Å². The van der Waals surface area contributed by atoms with Crippen molar-refractivity contribution in [3.63, 3.8) is 0 Å². The number of ether oxygens (including phenoxy) is 1. The Morgan fingerprint density at radius 2 is 1.73 bits per heavy atom. The molecule has 5 nitrogen and oxygen atoms in total. The van der Waals surface area contributed by atoms with Crippen LogP contribution in [0.1, 0.15) is 86.0 Å². The quantitative estimate of drug-likeness (QED) is 0.524. The van der Waals surface area contributed by atoms with E-state index >= 15 is 0 Å². The van der Waals surface area contributed by atoms with Crippen molar-refractivity contribution in [2.45, 2.75) is 104 Å². The first kappa shape index (κ1) is 25.4. The van der Waals surface area contributed by atoms with Crippen LogP contribution in [-0.2, 0) is 9.53 Å². The number of carbonyl (C=O) groups is 1. The van der Waals surface area contributed by atoms with Gasteiger partial charge in [-0.25, -0.2) is 0 Å². The lowest BCUT2D eigenvalue weighted by atomic mass is 9.41. The van der Waals surface area contributed by atoms with E-state index in [4.69, 9.17) is 4.74 Å². The number of aliphatic hydroxyl groups is 3. The molecule has 4 aliphatic rings. The molecule has 0 radical (unpaired) electrons. The van der Waals surface area contributed by atoms with Crippen molar-refractivity contribution < 1.29 is 24.9 Å². The molecular weight excluding hydrogens is 416 g/mol. The molecule has 4 aliphatic carbocycles. The number of esters is 1. The molecule has 33 heavy (non-hydrogen) atoms. The fraction of sp³-hybridized carbons (Fsp3) is 0.964. The summed E-state index contributed by atoms with van der Waals surface area (Å²) in [5.74, 6) is 1.75. The molecule has 1 unspecified atom stereocenters. The largest absolute Gasteiger partial charge is 0.469 e. The molecule has 13 atom stereocenters. The van der Waals surface area contributed by atoms with Gasteiger partial charge in [-0.2, -0.15) is 0 Å². The maximum atomic E-state index is 12.1. The highest BCUT2D eigenvalue weighted by Crippen LogP contribution is 2.69. The van der Waals surface area contributed by atoms with E-state index in [0.29, 0.717) is 29.6 Å². The number of fused-ring (bicyclic) bond motifs is 5. The Morgan fingerprint density at radius 3 is 2.36 bits per heavy atom. The third kappa shape index (κ3) is 3.80. The Kier molecular flexibility index (Phi) is 7.01. The normalized spacial score (nSPS) is 51.1. The number of hydrogen-bond acceptors (Lipinski definition) is 5. The predicted molar refractivity (Wildman–Crippen MR) is 128 cm³/mol. The number of methoxy groups -OCH3 is 1. The minimum absolute atomic E-state index is 0.0786. The summed E-state index contributed by atoms with van der Waals surface area (Å²) in [7, 11) is 1.45. The highest BCUT2D eigenvalue weighted by atomic mass is 16.5. The number of rotatable bonds is 5. The molecule has 0 bridgehead atoms. The lowest BCUT2D eigenvalue weighted by Crippen LogP contribution is -2.65.